The lowest BCUT2D eigenvalue weighted by Gasteiger charge is -2.34. The lowest BCUT2D eigenvalue weighted by atomic mass is 9.84. The molecule has 4 heterocycles. The predicted octanol–water partition coefficient (Wildman–Crippen LogP) is 2.43. The van der Waals surface area contributed by atoms with Crippen LogP contribution in [0.3, 0.4) is 0 Å². The number of nitrogens with one attached hydrogen (secondary N) is 8. The third-order valence-corrected chi connectivity index (χ3v) is 15.9. The second-order valence-corrected chi connectivity index (χ2v) is 29.7. The molecule has 10 amide bonds. The summed E-state index contributed by atoms with van der Waals surface area (Å²) < 4.78 is 32.6. The van der Waals surface area contributed by atoms with Gasteiger partial charge in [-0.25, -0.2) is 30.9 Å². The van der Waals surface area contributed by atoms with Gasteiger partial charge in [-0.1, -0.05) is 104 Å². The van der Waals surface area contributed by atoms with Gasteiger partial charge in [-0.3, -0.25) is 63.3 Å². The number of allylic oxidation sites excluding steroid dienone is 1. The normalized spacial score (nSPS) is 18.7. The first-order valence-electron chi connectivity index (χ1n) is 35.0. The molecule has 0 saturated carbocycles. The van der Waals surface area contributed by atoms with Crippen LogP contribution in [0, 0.1) is 51.8 Å². The summed E-state index contributed by atoms with van der Waals surface area (Å²) >= 11 is 0. The van der Waals surface area contributed by atoms with E-state index in [9.17, 15) is 78.0 Å². The van der Waals surface area contributed by atoms with Gasteiger partial charge < -0.3 is 75.4 Å². The van der Waals surface area contributed by atoms with Crippen LogP contribution in [0.15, 0.2) is 24.5 Å². The van der Waals surface area contributed by atoms with Gasteiger partial charge in [0.25, 0.3) is 29.5 Å². The molecule has 0 bridgehead atoms. The highest BCUT2D eigenvalue weighted by Gasteiger charge is 2.44. The fourth-order valence-corrected chi connectivity index (χ4v) is 10.4. The zero-order chi connectivity index (χ0) is 78.4. The molecule has 4 rings (SSSR count). The van der Waals surface area contributed by atoms with Crippen molar-refractivity contribution in [3.05, 3.63) is 24.5 Å². The Bertz CT molecular complexity index is 2710. The summed E-state index contributed by atoms with van der Waals surface area (Å²) in [5, 5.41) is 69.3. The minimum atomic E-state index is -1.81. The first kappa shape index (κ1) is 93.7. The van der Waals surface area contributed by atoms with Gasteiger partial charge in [0.2, 0.25) is 29.5 Å². The van der Waals surface area contributed by atoms with Crippen molar-refractivity contribution in [1.82, 2.24) is 47.9 Å². The van der Waals surface area contributed by atoms with Crippen molar-refractivity contribution in [2.45, 2.75) is 224 Å². The molecule has 34 heteroatoms. The van der Waals surface area contributed by atoms with Crippen molar-refractivity contribution in [2.24, 2.45) is 51.8 Å². The average Bonchev–Trinajstić information content (AvgIpc) is 1.47. The molecule has 4 aliphatic heterocycles. The Morgan fingerprint density at radius 1 is 0.534 bits per heavy atom. The Kier molecular flexibility index (Phi) is 43.6. The third-order valence-electron chi connectivity index (χ3n) is 15.9. The molecule has 14 N–H and O–H groups in total. The van der Waals surface area contributed by atoms with Gasteiger partial charge in [0, 0.05) is 44.9 Å². The van der Waals surface area contributed by atoms with Crippen molar-refractivity contribution < 1.29 is 122 Å². The Morgan fingerprint density at radius 3 is 1.36 bits per heavy atom. The molecular weight excluding hydrogens is 1350 g/mol. The fourth-order valence-electron chi connectivity index (χ4n) is 10.4. The van der Waals surface area contributed by atoms with Gasteiger partial charge in [0.1, 0.15) is 36.9 Å². The summed E-state index contributed by atoms with van der Waals surface area (Å²) in [5.41, 5.74) is 2.85. The summed E-state index contributed by atoms with van der Waals surface area (Å²) in [5.74, 6) is -12.3. The Morgan fingerprint density at radius 2 is 0.971 bits per heavy atom. The van der Waals surface area contributed by atoms with Crippen LogP contribution in [0.4, 0.5) is 0 Å². The van der Waals surface area contributed by atoms with E-state index in [0.717, 1.165) is 37.2 Å². The lowest BCUT2D eigenvalue weighted by Crippen LogP contribution is -2.57. The first-order valence-corrected chi connectivity index (χ1v) is 35.0. The van der Waals surface area contributed by atoms with Gasteiger partial charge in [-0.2, -0.15) is 0 Å². The minimum Gasteiger partial charge on any atom is -0.502 e. The summed E-state index contributed by atoms with van der Waals surface area (Å²) in [7, 11) is 0. The first-order chi connectivity index (χ1) is 48.1. The molecular formula is C69H119N9O25. The van der Waals surface area contributed by atoms with Gasteiger partial charge >= 0.3 is 11.9 Å². The van der Waals surface area contributed by atoms with Crippen LogP contribution >= 0.6 is 0 Å². The number of nitrogens with zero attached hydrogens (tertiary/aromatic N) is 1. The number of aliphatic hydroxyl groups is 2. The number of hydrogen-bond acceptors (Lipinski definition) is 23. The quantitative estimate of drug-likeness (QED) is 0.0185. The molecule has 0 radical (unpaired) electrons. The molecule has 0 aliphatic carbocycles. The fraction of sp³-hybridized carbons (Fsp3) is 0.768. The van der Waals surface area contributed by atoms with Crippen LogP contribution in [0.2, 0.25) is 0 Å². The average molecular weight is 1470 g/mol. The van der Waals surface area contributed by atoms with Gasteiger partial charge in [0.15, 0.2) is 18.7 Å². The lowest BCUT2D eigenvalue weighted by molar-refractivity contribution is -0.223. The summed E-state index contributed by atoms with van der Waals surface area (Å²) in [6, 6.07) is -3.32. The number of hydrogen-bond donors (Lipinski definition) is 14. The Labute approximate surface area is 604 Å². The van der Waals surface area contributed by atoms with E-state index in [1.165, 1.54) is 36.0 Å². The Balaban J connectivity index is 0.000000767. The van der Waals surface area contributed by atoms with Gasteiger partial charge in [-0.05, 0) is 104 Å². The van der Waals surface area contributed by atoms with Crippen molar-refractivity contribution >= 4 is 71.0 Å². The smallest absolute Gasteiger partial charge is 0.326 e. The van der Waals surface area contributed by atoms with E-state index in [1.54, 1.807) is 96.3 Å². The van der Waals surface area contributed by atoms with E-state index >= 15 is 0 Å². The van der Waals surface area contributed by atoms with Crippen molar-refractivity contribution in [1.29, 1.82) is 0 Å². The van der Waals surface area contributed by atoms with Crippen LogP contribution in [-0.4, -0.2) is 222 Å². The molecule has 0 aromatic heterocycles. The number of rotatable bonds is 36. The molecule has 4 aliphatic rings. The summed E-state index contributed by atoms with van der Waals surface area (Å²) in [4.78, 5) is 152. The van der Waals surface area contributed by atoms with Crippen LogP contribution in [0.5, 0.6) is 0 Å². The number of hydroxylamine groups is 3. The highest BCUT2D eigenvalue weighted by atomic mass is 16.8. The van der Waals surface area contributed by atoms with Crippen LogP contribution in [0.1, 0.15) is 174 Å². The summed E-state index contributed by atoms with van der Waals surface area (Å²) in [6.45, 7) is 28.8. The van der Waals surface area contributed by atoms with Gasteiger partial charge in [0.05, 0.1) is 57.0 Å². The number of ether oxygens (including phenoxy) is 6. The molecule has 2 saturated heterocycles. The van der Waals surface area contributed by atoms with E-state index in [1.807, 2.05) is 19.9 Å². The molecule has 34 nitrogen and oxygen atoms in total. The number of carboxylic acids is 2. The van der Waals surface area contributed by atoms with Crippen molar-refractivity contribution in [2.75, 3.05) is 65.9 Å². The SMILES string of the molecule is C1=COCCC1.CC(C)C[C@@H](C(=O)N[C@H](C(=O)NCCNC(=O)COCCOCCN1C(=O)C=CC1=O)C(C)(C)C)[C@H](O)C(=O)NO.CC(C)C[C@@H](C(=O)N[C@H](C(=O)O)C(C)(C)C)[C@H](O)C(=O)NO.CC(C)C[C@@H](C(=O)N[C@H](C(=O)O)C(C)(C)C)[C@H](OC1CCCCO1)C(=O)NOC1CCCCO1. The van der Waals surface area contributed by atoms with E-state index in [-0.39, 0.29) is 88.5 Å². The molecule has 2 fully saturated rings. The third kappa shape index (κ3) is 37.3. The molecule has 0 spiro atoms. The highest BCUT2D eigenvalue weighted by Crippen LogP contribution is 2.28. The Hall–Kier alpha value is -7.28. The zero-order valence-corrected chi connectivity index (χ0v) is 62.6. The number of carboxylic acid groups (broad SMARTS) is 2. The summed E-state index contributed by atoms with van der Waals surface area (Å²) in [6.07, 6.45) is 8.13. The van der Waals surface area contributed by atoms with E-state index in [0.29, 0.717) is 32.5 Å². The van der Waals surface area contributed by atoms with Crippen LogP contribution < -0.4 is 43.0 Å². The number of carbonyl (C=O) groups excluding carboxylic acids is 10. The number of aliphatic carboxylic acids is 2. The number of aliphatic hydroxyl groups excluding tert-OH is 2. The molecule has 590 valence electrons. The molecule has 0 aromatic rings. The van der Waals surface area contributed by atoms with Crippen LogP contribution in [-0.2, 0) is 90.8 Å². The molecule has 103 heavy (non-hydrogen) atoms. The topological polar surface area (TPSA) is 490 Å². The standard InChI is InChI=1S/C26H43N5O10.C24H42N2O8.C14H26N2O6.C5H8O/c1-16(2)14-17(21(35)24(37)30-39)23(36)29-22(26(3,4)5)25(38)28-9-8-27-18(32)15-41-13-12-40-11-10-31-19(33)6-7-20(31)34;1-15(2)14-16(21(27)25-20(23(29)30)24(3,4)5)19(33-17-10-6-8-12-31-17)22(28)26-34-18-11-7-9-13-32-18;1-7(2)6-8(9(17)12(19)16-22)11(18)15-10(13(20)21)14(3,4)5;1-2-4-6-5-3-1/h6-7,16-17,21-22,35,39H,8-15H2,1-5H3,(H,27,32)(H,28,38)(H,29,36)(H,30,37);15-20H,6-14H2,1-5H3,(H,25,27)(H,26,28)(H,29,30);7-10,17,22H,6H2,1-5H3,(H,15,18)(H,16,19)(H,20,21);2,4H,1,3,5H2/t17-,21+,22-;16-,17?,18?,19+,20-;8-,9+,10-;/m111./s1. The van der Waals surface area contributed by atoms with Crippen molar-refractivity contribution in [3.8, 4) is 0 Å². The molecule has 0 aromatic carbocycles. The molecule has 2 unspecified atom stereocenters. The monoisotopic (exact) mass is 1470 g/mol. The maximum Gasteiger partial charge on any atom is 0.326 e. The highest BCUT2D eigenvalue weighted by molar-refractivity contribution is 6.12. The minimum absolute atomic E-state index is 0.0187. The maximum atomic E-state index is 13.4. The zero-order valence-electron chi connectivity index (χ0n) is 62.6. The number of carbonyl (C=O) groups is 12. The maximum absolute atomic E-state index is 13.4. The number of imide groups is 1. The van der Waals surface area contributed by atoms with E-state index < -0.39 is 142 Å². The molecule has 11 atom stereocenters. The second kappa shape index (κ2) is 48.0. The van der Waals surface area contributed by atoms with E-state index in [4.69, 9.17) is 43.7 Å². The predicted molar refractivity (Wildman–Crippen MR) is 369 cm³/mol. The van der Waals surface area contributed by atoms with E-state index in [2.05, 4.69) is 32.1 Å². The number of amides is 10. The van der Waals surface area contributed by atoms with Gasteiger partial charge in [-0.15, -0.1) is 0 Å². The van der Waals surface area contributed by atoms with Crippen molar-refractivity contribution in [3.63, 3.8) is 0 Å². The van der Waals surface area contributed by atoms with Crippen LogP contribution in [0.25, 0.3) is 0 Å². The largest absolute Gasteiger partial charge is 0.502 e. The second-order valence-electron chi connectivity index (χ2n) is 29.7.